The molecular weight excluding hydrogens is 312 g/mol. The van der Waals surface area contributed by atoms with Gasteiger partial charge in [-0.2, -0.15) is 5.10 Å². The van der Waals surface area contributed by atoms with Gasteiger partial charge < -0.3 is 10.2 Å². The van der Waals surface area contributed by atoms with Crippen molar-refractivity contribution in [1.29, 1.82) is 0 Å². The van der Waals surface area contributed by atoms with E-state index in [1.54, 1.807) is 0 Å². The Morgan fingerprint density at radius 2 is 1.92 bits per heavy atom. The molecule has 1 saturated heterocycles. The van der Waals surface area contributed by atoms with Crippen LogP contribution >= 0.6 is 0 Å². The van der Waals surface area contributed by atoms with Crippen LogP contribution in [0.25, 0.3) is 0 Å². The molecule has 0 aliphatic carbocycles. The van der Waals surface area contributed by atoms with Crippen molar-refractivity contribution in [2.45, 2.75) is 52.1 Å². The summed E-state index contributed by atoms with van der Waals surface area (Å²) in [6.07, 6.45) is 4.88. The lowest BCUT2D eigenvalue weighted by Crippen LogP contribution is -2.35. The Bertz CT molecular complexity index is 718. The molecular formula is C20H28N4O. The maximum atomic E-state index is 12.0. The number of hydrogen-bond donors (Lipinski definition) is 1. The molecule has 1 aromatic carbocycles. The number of hydrogen-bond acceptors (Lipinski definition) is 3. The van der Waals surface area contributed by atoms with Gasteiger partial charge in [-0.25, -0.2) is 0 Å². The minimum atomic E-state index is 0.245. The lowest BCUT2D eigenvalue weighted by Gasteiger charge is -2.26. The van der Waals surface area contributed by atoms with Crippen LogP contribution in [0.3, 0.4) is 0 Å². The standard InChI is InChI=1S/C20H28N4O/c1-15(2)20-17(14-23(3)22-20)13-21-12-16-7-9-18(10-8-16)24-11-5-4-6-19(24)25/h7-10,14-15,21H,4-6,11-13H2,1-3H3. The maximum absolute atomic E-state index is 12.0. The first-order valence-corrected chi connectivity index (χ1v) is 9.17. The number of rotatable bonds is 6. The van der Waals surface area contributed by atoms with Crippen molar-refractivity contribution in [3.8, 4) is 0 Å². The molecule has 3 rings (SSSR count). The molecule has 1 aromatic heterocycles. The summed E-state index contributed by atoms with van der Waals surface area (Å²) >= 11 is 0. The largest absolute Gasteiger partial charge is 0.312 e. The van der Waals surface area contributed by atoms with Crippen LogP contribution in [0.5, 0.6) is 0 Å². The number of piperidine rings is 1. The van der Waals surface area contributed by atoms with Crippen molar-refractivity contribution < 1.29 is 4.79 Å². The second-order valence-corrected chi connectivity index (χ2v) is 7.14. The summed E-state index contributed by atoms with van der Waals surface area (Å²) in [6.45, 7) is 6.81. The lowest BCUT2D eigenvalue weighted by atomic mass is 10.1. The third-order valence-corrected chi connectivity index (χ3v) is 4.70. The Labute approximate surface area is 150 Å². The highest BCUT2D eigenvalue weighted by atomic mass is 16.2. The van der Waals surface area contributed by atoms with E-state index in [0.29, 0.717) is 12.3 Å². The third-order valence-electron chi connectivity index (χ3n) is 4.70. The predicted molar refractivity (Wildman–Crippen MR) is 100 cm³/mol. The van der Waals surface area contributed by atoms with E-state index in [0.717, 1.165) is 43.9 Å². The average Bonchev–Trinajstić information content (AvgIpc) is 2.97. The van der Waals surface area contributed by atoms with Crippen molar-refractivity contribution in [2.75, 3.05) is 11.4 Å². The molecule has 1 fully saturated rings. The molecule has 134 valence electrons. The molecule has 2 aromatic rings. The van der Waals surface area contributed by atoms with Gasteiger partial charge in [-0.15, -0.1) is 0 Å². The Morgan fingerprint density at radius 3 is 2.60 bits per heavy atom. The number of amides is 1. The zero-order valence-corrected chi connectivity index (χ0v) is 15.5. The molecule has 5 nitrogen and oxygen atoms in total. The van der Waals surface area contributed by atoms with Crippen molar-refractivity contribution in [3.05, 3.63) is 47.3 Å². The number of carbonyl (C=O) groups is 1. The summed E-state index contributed by atoms with van der Waals surface area (Å²) in [5, 5.41) is 8.05. The van der Waals surface area contributed by atoms with Crippen molar-refractivity contribution in [1.82, 2.24) is 15.1 Å². The molecule has 1 amide bonds. The van der Waals surface area contributed by atoms with Crippen molar-refractivity contribution in [3.63, 3.8) is 0 Å². The normalized spacial score (nSPS) is 15.2. The van der Waals surface area contributed by atoms with Crippen molar-refractivity contribution in [2.24, 2.45) is 7.05 Å². The third kappa shape index (κ3) is 4.28. The van der Waals surface area contributed by atoms with Gasteiger partial charge in [0.25, 0.3) is 0 Å². The summed E-state index contributed by atoms with van der Waals surface area (Å²) in [6, 6.07) is 8.33. The summed E-state index contributed by atoms with van der Waals surface area (Å²) < 4.78 is 1.89. The zero-order chi connectivity index (χ0) is 17.8. The second-order valence-electron chi connectivity index (χ2n) is 7.14. The van der Waals surface area contributed by atoms with Crippen LogP contribution in [0.15, 0.2) is 30.5 Å². The summed E-state index contributed by atoms with van der Waals surface area (Å²) in [4.78, 5) is 13.9. The van der Waals surface area contributed by atoms with Crippen LogP contribution in [-0.4, -0.2) is 22.2 Å². The molecule has 0 atom stereocenters. The SMILES string of the molecule is CC(C)c1nn(C)cc1CNCc1ccc(N2CCCCC2=O)cc1. The highest BCUT2D eigenvalue weighted by Crippen LogP contribution is 2.21. The van der Waals surface area contributed by atoms with E-state index >= 15 is 0 Å². The molecule has 25 heavy (non-hydrogen) atoms. The van der Waals surface area contributed by atoms with Gasteiger partial charge in [0.05, 0.1) is 5.69 Å². The Balaban J connectivity index is 1.56. The minimum Gasteiger partial charge on any atom is -0.312 e. The van der Waals surface area contributed by atoms with Crippen LogP contribution in [-0.2, 0) is 24.9 Å². The van der Waals surface area contributed by atoms with Gasteiger partial charge in [-0.3, -0.25) is 9.48 Å². The zero-order valence-electron chi connectivity index (χ0n) is 15.5. The van der Waals surface area contributed by atoms with Gasteiger partial charge in [0, 0.05) is 50.6 Å². The molecule has 1 aliphatic rings. The van der Waals surface area contributed by atoms with E-state index in [1.165, 1.54) is 11.1 Å². The summed E-state index contributed by atoms with van der Waals surface area (Å²) in [5.41, 5.74) is 4.66. The van der Waals surface area contributed by atoms with E-state index in [2.05, 4.69) is 54.7 Å². The molecule has 0 saturated carbocycles. The summed E-state index contributed by atoms with van der Waals surface area (Å²) in [7, 11) is 1.97. The first kappa shape index (κ1) is 17.7. The topological polar surface area (TPSA) is 50.2 Å². The minimum absolute atomic E-state index is 0.245. The Hall–Kier alpha value is -2.14. The van der Waals surface area contributed by atoms with Gasteiger partial charge in [-0.05, 0) is 36.5 Å². The van der Waals surface area contributed by atoms with Gasteiger partial charge in [0.15, 0.2) is 0 Å². The van der Waals surface area contributed by atoms with E-state index < -0.39 is 0 Å². The van der Waals surface area contributed by atoms with E-state index in [-0.39, 0.29) is 5.91 Å². The van der Waals surface area contributed by atoms with Crippen LogP contribution < -0.4 is 10.2 Å². The van der Waals surface area contributed by atoms with Crippen LogP contribution in [0.4, 0.5) is 5.69 Å². The predicted octanol–water partition coefficient (Wildman–Crippen LogP) is 3.35. The van der Waals surface area contributed by atoms with Crippen LogP contribution in [0, 0.1) is 0 Å². The number of anilines is 1. The van der Waals surface area contributed by atoms with Gasteiger partial charge in [-0.1, -0.05) is 26.0 Å². The highest BCUT2D eigenvalue weighted by Gasteiger charge is 2.19. The maximum Gasteiger partial charge on any atom is 0.226 e. The Kier molecular flexibility index (Phi) is 5.53. The molecule has 2 heterocycles. The molecule has 1 N–H and O–H groups in total. The van der Waals surface area contributed by atoms with Gasteiger partial charge >= 0.3 is 0 Å². The first-order chi connectivity index (χ1) is 12.0. The van der Waals surface area contributed by atoms with Crippen LogP contribution in [0.2, 0.25) is 0 Å². The fraction of sp³-hybridized carbons (Fsp3) is 0.500. The van der Waals surface area contributed by atoms with E-state index in [1.807, 2.05) is 16.6 Å². The average molecular weight is 340 g/mol. The first-order valence-electron chi connectivity index (χ1n) is 9.17. The van der Waals surface area contributed by atoms with Gasteiger partial charge in [0.1, 0.15) is 0 Å². The quantitative estimate of drug-likeness (QED) is 0.877. The summed E-state index contributed by atoms with van der Waals surface area (Å²) in [5.74, 6) is 0.675. The molecule has 0 bridgehead atoms. The number of carbonyl (C=O) groups excluding carboxylic acids is 1. The fourth-order valence-electron chi connectivity index (χ4n) is 3.39. The Morgan fingerprint density at radius 1 is 1.16 bits per heavy atom. The number of aromatic nitrogens is 2. The smallest absolute Gasteiger partial charge is 0.226 e. The molecule has 5 heteroatoms. The van der Waals surface area contributed by atoms with Crippen LogP contribution in [0.1, 0.15) is 55.8 Å². The number of nitrogens with one attached hydrogen (secondary N) is 1. The molecule has 0 unspecified atom stereocenters. The second kappa shape index (κ2) is 7.83. The molecule has 0 spiro atoms. The number of aryl methyl sites for hydroxylation is 1. The number of nitrogens with zero attached hydrogens (tertiary/aromatic N) is 3. The molecule has 0 radical (unpaired) electrons. The van der Waals surface area contributed by atoms with E-state index in [4.69, 9.17) is 0 Å². The van der Waals surface area contributed by atoms with Crippen molar-refractivity contribution >= 4 is 11.6 Å². The highest BCUT2D eigenvalue weighted by molar-refractivity contribution is 5.93. The monoisotopic (exact) mass is 340 g/mol. The van der Waals surface area contributed by atoms with E-state index in [9.17, 15) is 4.79 Å². The fourth-order valence-corrected chi connectivity index (χ4v) is 3.39. The van der Waals surface area contributed by atoms with Gasteiger partial charge in [0.2, 0.25) is 5.91 Å². The molecule has 1 aliphatic heterocycles. The lowest BCUT2D eigenvalue weighted by molar-refractivity contribution is -0.119. The number of benzene rings is 1.